The summed E-state index contributed by atoms with van der Waals surface area (Å²) >= 11 is 2.99. The van der Waals surface area contributed by atoms with Gasteiger partial charge in [-0.25, -0.2) is 8.42 Å². The number of aliphatic hydroxyl groups is 1. The fourth-order valence-corrected chi connectivity index (χ4v) is 3.64. The molecule has 0 radical (unpaired) electrons. The first kappa shape index (κ1) is 12.5. The molecule has 0 saturated heterocycles. The van der Waals surface area contributed by atoms with Crippen molar-refractivity contribution < 1.29 is 13.5 Å². The van der Waals surface area contributed by atoms with Gasteiger partial charge in [-0.1, -0.05) is 6.07 Å². The zero-order valence-corrected chi connectivity index (χ0v) is 10.4. The number of hydrogen-bond acceptors (Lipinski definition) is 4. The van der Waals surface area contributed by atoms with E-state index in [2.05, 4.69) is 15.9 Å². The minimum Gasteiger partial charge on any atom is -0.392 e. The van der Waals surface area contributed by atoms with Crippen molar-refractivity contribution in [3.63, 3.8) is 0 Å². The van der Waals surface area contributed by atoms with Crippen LogP contribution in [0.15, 0.2) is 21.5 Å². The van der Waals surface area contributed by atoms with Crippen LogP contribution in [0.1, 0.15) is 11.1 Å². The van der Waals surface area contributed by atoms with Crippen LogP contribution in [0.4, 0.5) is 0 Å². The van der Waals surface area contributed by atoms with Gasteiger partial charge in [0.2, 0.25) is 0 Å². The van der Waals surface area contributed by atoms with E-state index in [1.54, 1.807) is 6.07 Å². The molecule has 0 heterocycles. The van der Waals surface area contributed by atoms with Gasteiger partial charge in [0.1, 0.15) is 11.0 Å². The third-order valence-corrected chi connectivity index (χ3v) is 4.25. The van der Waals surface area contributed by atoms with E-state index in [1.807, 2.05) is 0 Å². The van der Waals surface area contributed by atoms with Gasteiger partial charge in [0, 0.05) is 15.2 Å². The minimum absolute atomic E-state index is 0.0610. The van der Waals surface area contributed by atoms with Crippen molar-refractivity contribution in [2.24, 2.45) is 0 Å². The monoisotopic (exact) mass is 309 g/mol. The van der Waals surface area contributed by atoms with E-state index in [0.717, 1.165) is 0 Å². The molecule has 0 aromatic heterocycles. The first-order chi connectivity index (χ1) is 6.91. The van der Waals surface area contributed by atoms with E-state index in [4.69, 9.17) is 21.1 Å². The number of aliphatic hydroxyl groups excluding tert-OH is 1. The van der Waals surface area contributed by atoms with Crippen molar-refractivity contribution in [1.29, 1.82) is 5.26 Å². The van der Waals surface area contributed by atoms with Gasteiger partial charge in [-0.2, -0.15) is 5.26 Å². The van der Waals surface area contributed by atoms with E-state index in [9.17, 15) is 8.42 Å². The standard InChI is InChI=1S/C8H5BrClNO3S/c9-7-6(4-12)2-1-5(3-11)8(7)15(10,13)14/h1-2,12H,4H2. The zero-order valence-electron chi connectivity index (χ0n) is 7.24. The Morgan fingerprint density at radius 2 is 2.13 bits per heavy atom. The Morgan fingerprint density at radius 1 is 1.53 bits per heavy atom. The van der Waals surface area contributed by atoms with E-state index < -0.39 is 9.05 Å². The fraction of sp³-hybridized carbons (Fsp3) is 0.125. The molecule has 0 amide bonds. The normalized spacial score (nSPS) is 11.1. The number of rotatable bonds is 2. The van der Waals surface area contributed by atoms with Gasteiger partial charge in [0.05, 0.1) is 12.2 Å². The third-order valence-electron chi connectivity index (χ3n) is 1.71. The largest absolute Gasteiger partial charge is 0.392 e. The molecule has 0 bridgehead atoms. The number of benzene rings is 1. The molecule has 1 aromatic rings. The van der Waals surface area contributed by atoms with E-state index >= 15 is 0 Å². The lowest BCUT2D eigenvalue weighted by Gasteiger charge is -2.06. The Balaban J connectivity index is 3.67. The topological polar surface area (TPSA) is 78.2 Å². The highest BCUT2D eigenvalue weighted by Crippen LogP contribution is 2.31. The first-order valence-electron chi connectivity index (χ1n) is 3.68. The maximum absolute atomic E-state index is 11.2. The molecule has 1 N–H and O–H groups in total. The number of nitrogens with zero attached hydrogens (tertiary/aromatic N) is 1. The van der Waals surface area contributed by atoms with Crippen molar-refractivity contribution in [2.75, 3.05) is 0 Å². The van der Waals surface area contributed by atoms with Crippen LogP contribution in [0.2, 0.25) is 0 Å². The van der Waals surface area contributed by atoms with Crippen LogP contribution in [-0.4, -0.2) is 13.5 Å². The molecule has 0 unspecified atom stereocenters. The maximum atomic E-state index is 11.2. The molecule has 15 heavy (non-hydrogen) atoms. The summed E-state index contributed by atoms with van der Waals surface area (Å²) in [5.41, 5.74) is 0.294. The predicted octanol–water partition coefficient (Wildman–Crippen LogP) is 1.74. The second-order valence-electron chi connectivity index (χ2n) is 2.62. The van der Waals surface area contributed by atoms with Crippen molar-refractivity contribution in [1.82, 2.24) is 0 Å². The van der Waals surface area contributed by atoms with E-state index in [-0.39, 0.29) is 21.5 Å². The van der Waals surface area contributed by atoms with E-state index in [0.29, 0.717) is 5.56 Å². The van der Waals surface area contributed by atoms with Crippen molar-refractivity contribution in [3.8, 4) is 6.07 Å². The fourth-order valence-electron chi connectivity index (χ4n) is 1.05. The Labute approximate surface area is 99.6 Å². The summed E-state index contributed by atoms with van der Waals surface area (Å²) in [5, 5.41) is 17.6. The zero-order chi connectivity index (χ0) is 11.6. The van der Waals surface area contributed by atoms with Gasteiger partial charge in [0.15, 0.2) is 0 Å². The highest BCUT2D eigenvalue weighted by Gasteiger charge is 2.21. The first-order valence-corrected chi connectivity index (χ1v) is 6.79. The molecule has 1 rings (SSSR count). The second kappa shape index (κ2) is 4.49. The summed E-state index contributed by atoms with van der Waals surface area (Å²) in [7, 11) is 1.17. The highest BCUT2D eigenvalue weighted by molar-refractivity contribution is 9.10. The van der Waals surface area contributed by atoms with Gasteiger partial charge in [-0.3, -0.25) is 0 Å². The summed E-state index contributed by atoms with van der Waals surface area (Å²) in [6, 6.07) is 4.47. The molecule has 4 nitrogen and oxygen atoms in total. The average molecular weight is 311 g/mol. The predicted molar refractivity (Wildman–Crippen MR) is 57.8 cm³/mol. The summed E-state index contributed by atoms with van der Waals surface area (Å²) in [6.07, 6.45) is 0. The summed E-state index contributed by atoms with van der Waals surface area (Å²) < 4.78 is 22.5. The summed E-state index contributed by atoms with van der Waals surface area (Å²) in [4.78, 5) is -0.307. The van der Waals surface area contributed by atoms with Crippen LogP contribution in [0.3, 0.4) is 0 Å². The molecule has 0 aliphatic heterocycles. The van der Waals surface area contributed by atoms with Crippen LogP contribution < -0.4 is 0 Å². The Bertz CT molecular complexity index is 536. The molecule has 0 spiro atoms. The molecule has 0 fully saturated rings. The molecule has 1 aromatic carbocycles. The lowest BCUT2D eigenvalue weighted by molar-refractivity contribution is 0.280. The Morgan fingerprint density at radius 3 is 2.53 bits per heavy atom. The summed E-state index contributed by atoms with van der Waals surface area (Å²) in [6.45, 7) is -0.342. The Kier molecular flexibility index (Phi) is 3.73. The van der Waals surface area contributed by atoms with Crippen LogP contribution in [0.25, 0.3) is 0 Å². The third kappa shape index (κ3) is 2.49. The molecule has 0 atom stereocenters. The molecule has 80 valence electrons. The minimum atomic E-state index is -4.02. The highest BCUT2D eigenvalue weighted by atomic mass is 79.9. The number of halogens is 2. The molecule has 0 aliphatic carbocycles. The SMILES string of the molecule is N#Cc1ccc(CO)c(Br)c1S(=O)(=O)Cl. The Hall–Kier alpha value is -0.610. The van der Waals surface area contributed by atoms with Crippen molar-refractivity contribution in [2.45, 2.75) is 11.5 Å². The molecular formula is C8H5BrClNO3S. The van der Waals surface area contributed by atoms with E-state index in [1.165, 1.54) is 12.1 Å². The van der Waals surface area contributed by atoms with Crippen LogP contribution in [0, 0.1) is 11.3 Å². The van der Waals surface area contributed by atoms with Gasteiger partial charge in [-0.15, -0.1) is 0 Å². The van der Waals surface area contributed by atoms with Crippen molar-refractivity contribution in [3.05, 3.63) is 27.7 Å². The average Bonchev–Trinajstić information content (AvgIpc) is 2.15. The second-order valence-corrected chi connectivity index (χ2v) is 5.92. The maximum Gasteiger partial charge on any atom is 0.263 e. The summed E-state index contributed by atoms with van der Waals surface area (Å²) in [5.74, 6) is 0. The molecule has 0 saturated carbocycles. The quantitative estimate of drug-likeness (QED) is 0.844. The smallest absolute Gasteiger partial charge is 0.263 e. The molecule has 0 aliphatic rings. The molecule has 7 heteroatoms. The van der Waals surface area contributed by atoms with Gasteiger partial charge >= 0.3 is 0 Å². The lowest BCUT2D eigenvalue weighted by Crippen LogP contribution is -2.00. The van der Waals surface area contributed by atoms with Gasteiger partial charge in [0.25, 0.3) is 9.05 Å². The van der Waals surface area contributed by atoms with Crippen LogP contribution in [-0.2, 0) is 15.7 Å². The number of hydrogen-bond donors (Lipinski definition) is 1. The van der Waals surface area contributed by atoms with Gasteiger partial charge < -0.3 is 5.11 Å². The number of nitriles is 1. The molecular weight excluding hydrogens is 306 g/mol. The van der Waals surface area contributed by atoms with Crippen LogP contribution >= 0.6 is 26.6 Å². The van der Waals surface area contributed by atoms with Crippen LogP contribution in [0.5, 0.6) is 0 Å². The lowest BCUT2D eigenvalue weighted by atomic mass is 10.1. The van der Waals surface area contributed by atoms with Crippen molar-refractivity contribution >= 4 is 35.7 Å². The van der Waals surface area contributed by atoms with Gasteiger partial charge in [-0.05, 0) is 27.6 Å².